The number of benzene rings is 4. The summed E-state index contributed by atoms with van der Waals surface area (Å²) in [5.74, 6) is 13.0. The Labute approximate surface area is 470 Å². The molecule has 3 nitrogen and oxygen atoms in total. The molecule has 0 aliphatic rings. The van der Waals surface area contributed by atoms with Crippen LogP contribution in [0.2, 0.25) is 39.3 Å². The maximum atomic E-state index is 8.64. The Morgan fingerprint density at radius 3 is 0.968 bits per heavy atom. The second kappa shape index (κ2) is 24.2. The molecule has 0 radical (unpaired) electrons. The molecule has 0 aliphatic carbocycles. The van der Waals surface area contributed by atoms with Gasteiger partial charge in [-0.25, -0.2) is 0 Å². The van der Waals surface area contributed by atoms with Gasteiger partial charge in [-0.15, -0.1) is 23.9 Å². The van der Waals surface area contributed by atoms with E-state index in [0.29, 0.717) is 0 Å². The van der Waals surface area contributed by atoms with Gasteiger partial charge in [-0.1, -0.05) is 111 Å². The SMILES string of the molecule is C#Cc1c(-c2ccsc2)ccc2c(C#C)c(-c3ccsc3)ccc12.C[Si](C)(C)C#Cc1c(-c2ccsc2)ccc2c(C#C[Si](C)(C)C)c(-c3ccsc3)ccc12.O=CO[O-].[H-].[K+].[K+]. The fourth-order valence-corrected chi connectivity index (χ4v) is 10.1. The molecule has 0 aliphatic heterocycles. The van der Waals surface area contributed by atoms with Gasteiger partial charge in [-0.3, -0.25) is 4.79 Å². The molecule has 4 aromatic carbocycles. The molecule has 62 heavy (non-hydrogen) atoms. The van der Waals surface area contributed by atoms with Crippen molar-refractivity contribution in [1.82, 2.24) is 0 Å². The normalized spacial score (nSPS) is 10.3. The van der Waals surface area contributed by atoms with Crippen LogP contribution >= 0.6 is 45.3 Å². The van der Waals surface area contributed by atoms with Crippen LogP contribution < -0.4 is 108 Å². The summed E-state index contributed by atoms with van der Waals surface area (Å²) in [6.45, 7) is 13.6. The largest absolute Gasteiger partial charge is 1.00 e. The van der Waals surface area contributed by atoms with Gasteiger partial charge < -0.3 is 11.6 Å². The van der Waals surface area contributed by atoms with Gasteiger partial charge in [-0.05, 0) is 133 Å². The Balaban J connectivity index is 0.000000304. The van der Waals surface area contributed by atoms with E-state index in [2.05, 4.69) is 195 Å². The summed E-state index contributed by atoms with van der Waals surface area (Å²) in [4.78, 5) is 11.2. The van der Waals surface area contributed by atoms with Crippen molar-refractivity contribution in [1.29, 1.82) is 0 Å². The summed E-state index contributed by atoms with van der Waals surface area (Å²) in [6.07, 6.45) is 11.7. The van der Waals surface area contributed by atoms with Crippen LogP contribution in [0.5, 0.6) is 0 Å². The minimum absolute atomic E-state index is 0. The number of rotatable bonds is 5. The van der Waals surface area contributed by atoms with Gasteiger partial charge in [0.25, 0.3) is 6.47 Å². The van der Waals surface area contributed by atoms with Crippen LogP contribution in [0.4, 0.5) is 0 Å². The van der Waals surface area contributed by atoms with Crippen LogP contribution in [-0.2, 0) is 9.68 Å². The van der Waals surface area contributed by atoms with Crippen molar-refractivity contribution in [2.75, 3.05) is 0 Å². The molecule has 0 N–H and O–H groups in total. The first kappa shape index (κ1) is 52.2. The second-order valence-electron chi connectivity index (χ2n) is 15.7. The first-order valence-corrected chi connectivity index (χ1v) is 29.7. The van der Waals surface area contributed by atoms with Crippen LogP contribution in [0.1, 0.15) is 23.7 Å². The Hall–Kier alpha value is -2.42. The van der Waals surface area contributed by atoms with Crippen molar-refractivity contribution >= 4 is 89.5 Å². The van der Waals surface area contributed by atoms with Gasteiger partial charge in [0.2, 0.25) is 0 Å². The van der Waals surface area contributed by atoms with Crippen molar-refractivity contribution in [2.24, 2.45) is 0 Å². The van der Waals surface area contributed by atoms with E-state index in [1.165, 1.54) is 33.0 Å². The second-order valence-corrected chi connectivity index (χ2v) is 28.3. The molecule has 0 saturated heterocycles. The number of carbonyl (C=O) groups is 1. The van der Waals surface area contributed by atoms with E-state index >= 15 is 0 Å². The van der Waals surface area contributed by atoms with E-state index < -0.39 is 16.1 Å². The van der Waals surface area contributed by atoms with E-state index in [0.717, 1.165) is 55.3 Å². The fourth-order valence-electron chi connectivity index (χ4n) is 6.52. The molecule has 0 fully saturated rings. The molecule has 0 spiro atoms. The zero-order chi connectivity index (χ0) is 42.9. The summed E-state index contributed by atoms with van der Waals surface area (Å²) in [5, 5.41) is 30.0. The summed E-state index contributed by atoms with van der Waals surface area (Å²) < 4.78 is 0. The summed E-state index contributed by atoms with van der Waals surface area (Å²) in [5.41, 5.74) is 20.7. The van der Waals surface area contributed by atoms with E-state index in [1.807, 2.05) is 0 Å². The van der Waals surface area contributed by atoms with Gasteiger partial charge in [0.1, 0.15) is 16.1 Å². The van der Waals surface area contributed by atoms with E-state index in [1.54, 1.807) is 45.3 Å². The first-order chi connectivity index (χ1) is 28.9. The predicted octanol–water partition coefficient (Wildman–Crippen LogP) is 7.57. The molecular formula is C51H42K2O3S4Si2. The maximum Gasteiger partial charge on any atom is 1.00 e. The van der Waals surface area contributed by atoms with Gasteiger partial charge in [0, 0.05) is 22.3 Å². The van der Waals surface area contributed by atoms with Crippen molar-refractivity contribution < 1.29 is 119 Å². The molecule has 0 unspecified atom stereocenters. The Morgan fingerprint density at radius 1 is 0.500 bits per heavy atom. The Morgan fingerprint density at radius 2 is 0.758 bits per heavy atom. The average Bonchev–Trinajstić information content (AvgIpc) is 4.10. The quantitative estimate of drug-likeness (QED) is 0.0589. The number of fused-ring (bicyclic) bond motifs is 2. The maximum absolute atomic E-state index is 8.64. The number of terminal acetylenes is 2. The van der Waals surface area contributed by atoms with Gasteiger partial charge in [0.15, 0.2) is 0 Å². The number of hydrogen-bond donors (Lipinski definition) is 0. The van der Waals surface area contributed by atoms with Crippen molar-refractivity contribution in [3.05, 3.63) is 138 Å². The van der Waals surface area contributed by atoms with Gasteiger partial charge in [0.05, 0.1) is 0 Å². The third-order valence-electron chi connectivity index (χ3n) is 9.18. The first-order valence-electron chi connectivity index (χ1n) is 18.9. The minimum Gasteiger partial charge on any atom is -1.00 e. The molecule has 8 rings (SSSR count). The minimum atomic E-state index is -1.52. The third-order valence-corrected chi connectivity index (χ3v) is 13.7. The Kier molecular flexibility index (Phi) is 20.4. The molecule has 4 aromatic heterocycles. The van der Waals surface area contributed by atoms with Crippen LogP contribution in [0.15, 0.2) is 116 Å². The van der Waals surface area contributed by atoms with Crippen molar-refractivity contribution in [2.45, 2.75) is 39.3 Å². The van der Waals surface area contributed by atoms with Crippen LogP contribution in [0.25, 0.3) is 66.1 Å². The number of carbonyl (C=O) groups excluding carboxylic acids is 1. The van der Waals surface area contributed by atoms with E-state index in [-0.39, 0.29) is 111 Å². The predicted molar refractivity (Wildman–Crippen MR) is 266 cm³/mol. The molecule has 298 valence electrons. The van der Waals surface area contributed by atoms with Gasteiger partial charge in [-0.2, -0.15) is 45.3 Å². The standard InChI is InChI=1S/C28H28S2Si2.C22H12S2.CH2O3.2K.H/c1-31(2,3)17-13-27-23(21-11-15-29-19-21)7-10-26-25(27)9-8-24(22-12-16-30-20-22)28(26)14-18-32(4,5)6;1-3-17-19(15-9-11-23-13-15)5-8-22-18(4-2)20(6-7-21(17)22)16-10-12-24-14-16;2-1-4-3;;;/h7-12,15-16,19-20H,1-6H3;1-2,5-14H;1,3H;;;/q;;;2*+1;-1/p-1. The molecule has 11 heteroatoms. The molecular weight excluding hydrogens is 923 g/mol. The smallest absolute Gasteiger partial charge is 1.00 e. The monoisotopic (exact) mass is 964 g/mol. The third kappa shape index (κ3) is 13.1. The van der Waals surface area contributed by atoms with E-state index in [9.17, 15) is 0 Å². The zero-order valence-electron chi connectivity index (χ0n) is 37.1. The molecule has 0 amide bonds. The average molecular weight is 966 g/mol. The number of thiophene rings is 4. The fraction of sp³-hybridized carbons (Fsp3) is 0.118. The van der Waals surface area contributed by atoms with Gasteiger partial charge >= 0.3 is 103 Å². The molecule has 0 bridgehead atoms. The summed E-state index contributed by atoms with van der Waals surface area (Å²) >= 11 is 6.80. The summed E-state index contributed by atoms with van der Waals surface area (Å²) in [6, 6.07) is 25.9. The Bertz CT molecular complexity index is 2780. The van der Waals surface area contributed by atoms with Crippen LogP contribution in [0, 0.1) is 47.6 Å². The molecule has 4 heterocycles. The van der Waals surface area contributed by atoms with Crippen molar-refractivity contribution in [3.63, 3.8) is 0 Å². The summed E-state index contributed by atoms with van der Waals surface area (Å²) in [7, 11) is -3.05. The van der Waals surface area contributed by atoms with E-state index in [4.69, 9.17) is 22.9 Å². The topological polar surface area (TPSA) is 49.4 Å². The molecule has 0 atom stereocenters. The van der Waals surface area contributed by atoms with Crippen LogP contribution in [-0.4, -0.2) is 22.6 Å². The number of hydrogen-bond acceptors (Lipinski definition) is 7. The van der Waals surface area contributed by atoms with Crippen molar-refractivity contribution in [3.8, 4) is 92.1 Å². The molecule has 0 saturated carbocycles. The zero-order valence-corrected chi connectivity index (χ0v) is 47.6. The molecule has 8 aromatic rings. The van der Waals surface area contributed by atoms with Crippen LogP contribution in [0.3, 0.4) is 0 Å².